The molecule has 1 atom stereocenters. The minimum absolute atomic E-state index is 0.539. The normalized spacial score (nSPS) is 17.1. The molecule has 0 saturated carbocycles. The Labute approximate surface area is 126 Å². The fourth-order valence-corrected chi connectivity index (χ4v) is 3.59. The van der Waals surface area contributed by atoms with E-state index in [1.807, 2.05) is 0 Å². The maximum atomic E-state index is 4.87. The van der Waals surface area contributed by atoms with Gasteiger partial charge in [0.05, 0.1) is 11.4 Å². The standard InChI is InChI=1S/C17H15BrN2/c1-10-9-15-17(13-6-4-3-5-12(10)13)19-16-8-7-14(18)11(2)20(15)16/h3-8,10H,9H2,1-2H3. The van der Waals surface area contributed by atoms with E-state index in [1.165, 1.54) is 22.5 Å². The number of aromatic nitrogens is 2. The lowest BCUT2D eigenvalue weighted by Gasteiger charge is -2.22. The highest BCUT2D eigenvalue weighted by Crippen LogP contribution is 2.40. The van der Waals surface area contributed by atoms with E-state index < -0.39 is 0 Å². The van der Waals surface area contributed by atoms with E-state index in [9.17, 15) is 0 Å². The van der Waals surface area contributed by atoms with Crippen molar-refractivity contribution in [3.63, 3.8) is 0 Å². The predicted molar refractivity (Wildman–Crippen MR) is 85.2 cm³/mol. The summed E-state index contributed by atoms with van der Waals surface area (Å²) in [6, 6.07) is 12.8. The Balaban J connectivity index is 2.12. The van der Waals surface area contributed by atoms with Crippen LogP contribution in [0.5, 0.6) is 0 Å². The molecule has 0 saturated heterocycles. The van der Waals surface area contributed by atoms with Gasteiger partial charge in [-0.1, -0.05) is 31.2 Å². The summed E-state index contributed by atoms with van der Waals surface area (Å²) in [7, 11) is 0. The van der Waals surface area contributed by atoms with Crippen LogP contribution in [0.1, 0.15) is 29.8 Å². The van der Waals surface area contributed by atoms with E-state index >= 15 is 0 Å². The van der Waals surface area contributed by atoms with Gasteiger partial charge in [-0.3, -0.25) is 4.40 Å². The summed E-state index contributed by atoms with van der Waals surface area (Å²) in [5, 5.41) is 0. The molecule has 20 heavy (non-hydrogen) atoms. The number of pyridine rings is 1. The molecular weight excluding hydrogens is 312 g/mol. The minimum atomic E-state index is 0.539. The summed E-state index contributed by atoms with van der Waals surface area (Å²) in [4.78, 5) is 4.87. The van der Waals surface area contributed by atoms with Crippen molar-refractivity contribution in [2.24, 2.45) is 0 Å². The Morgan fingerprint density at radius 2 is 2.00 bits per heavy atom. The lowest BCUT2D eigenvalue weighted by molar-refractivity contribution is 0.720. The quantitative estimate of drug-likeness (QED) is 0.583. The van der Waals surface area contributed by atoms with E-state index in [1.54, 1.807) is 0 Å². The van der Waals surface area contributed by atoms with Crippen LogP contribution >= 0.6 is 15.9 Å². The van der Waals surface area contributed by atoms with Gasteiger partial charge in [-0.05, 0) is 52.9 Å². The van der Waals surface area contributed by atoms with Crippen molar-refractivity contribution in [1.29, 1.82) is 0 Å². The number of nitrogens with zero attached hydrogens (tertiary/aromatic N) is 2. The van der Waals surface area contributed by atoms with E-state index in [-0.39, 0.29) is 0 Å². The molecule has 0 bridgehead atoms. The Kier molecular flexibility index (Phi) is 2.55. The lowest BCUT2D eigenvalue weighted by atomic mass is 9.84. The summed E-state index contributed by atoms with van der Waals surface area (Å²) in [6.07, 6.45) is 1.05. The maximum Gasteiger partial charge on any atom is 0.137 e. The minimum Gasteiger partial charge on any atom is -0.300 e. The third-order valence-electron chi connectivity index (χ3n) is 4.30. The van der Waals surface area contributed by atoms with Crippen molar-refractivity contribution in [1.82, 2.24) is 9.38 Å². The van der Waals surface area contributed by atoms with Crippen LogP contribution in [0.25, 0.3) is 16.9 Å². The van der Waals surface area contributed by atoms with E-state index in [2.05, 4.69) is 70.6 Å². The number of aryl methyl sites for hydroxylation is 1. The van der Waals surface area contributed by atoms with Gasteiger partial charge in [0.2, 0.25) is 0 Å². The van der Waals surface area contributed by atoms with E-state index in [4.69, 9.17) is 4.98 Å². The Morgan fingerprint density at radius 3 is 2.85 bits per heavy atom. The topological polar surface area (TPSA) is 17.3 Å². The first kappa shape index (κ1) is 12.2. The van der Waals surface area contributed by atoms with Gasteiger partial charge in [-0.15, -0.1) is 0 Å². The second-order valence-corrected chi connectivity index (χ2v) is 6.41. The molecule has 1 unspecified atom stereocenters. The van der Waals surface area contributed by atoms with Gasteiger partial charge in [0.1, 0.15) is 5.65 Å². The molecule has 2 heterocycles. The van der Waals surface area contributed by atoms with Crippen LogP contribution in [0.4, 0.5) is 0 Å². The van der Waals surface area contributed by atoms with Crippen LogP contribution in [0, 0.1) is 6.92 Å². The molecule has 3 aromatic rings. The molecule has 1 aromatic carbocycles. The molecule has 0 aliphatic heterocycles. The molecule has 1 aliphatic rings. The van der Waals surface area contributed by atoms with Gasteiger partial charge in [0.15, 0.2) is 0 Å². The van der Waals surface area contributed by atoms with Gasteiger partial charge in [0.25, 0.3) is 0 Å². The summed E-state index contributed by atoms with van der Waals surface area (Å²) in [5.74, 6) is 0.539. The van der Waals surface area contributed by atoms with E-state index in [0.29, 0.717) is 5.92 Å². The summed E-state index contributed by atoms with van der Waals surface area (Å²) >= 11 is 3.63. The monoisotopic (exact) mass is 326 g/mol. The number of halogens is 1. The maximum absolute atomic E-state index is 4.87. The molecule has 100 valence electrons. The molecule has 3 heteroatoms. The van der Waals surface area contributed by atoms with Crippen LogP contribution in [-0.4, -0.2) is 9.38 Å². The fourth-order valence-electron chi connectivity index (χ4n) is 3.28. The first-order valence-corrected chi connectivity index (χ1v) is 7.72. The van der Waals surface area contributed by atoms with Crippen molar-refractivity contribution < 1.29 is 0 Å². The number of rotatable bonds is 0. The van der Waals surface area contributed by atoms with Gasteiger partial charge in [-0.25, -0.2) is 4.98 Å². The van der Waals surface area contributed by atoms with E-state index in [0.717, 1.165) is 22.2 Å². The van der Waals surface area contributed by atoms with Crippen LogP contribution < -0.4 is 0 Å². The fraction of sp³-hybridized carbons (Fsp3) is 0.235. The van der Waals surface area contributed by atoms with Crippen LogP contribution in [0.2, 0.25) is 0 Å². The molecule has 2 aromatic heterocycles. The first-order chi connectivity index (χ1) is 9.66. The van der Waals surface area contributed by atoms with Crippen molar-refractivity contribution in [3.05, 3.63) is 57.8 Å². The third-order valence-corrected chi connectivity index (χ3v) is 5.14. The predicted octanol–water partition coefficient (Wildman–Crippen LogP) is 4.73. The van der Waals surface area contributed by atoms with Gasteiger partial charge in [-0.2, -0.15) is 0 Å². The second kappa shape index (κ2) is 4.19. The van der Waals surface area contributed by atoms with Crippen LogP contribution in [0.15, 0.2) is 40.9 Å². The van der Waals surface area contributed by atoms with Crippen molar-refractivity contribution in [3.8, 4) is 11.3 Å². The summed E-state index contributed by atoms with van der Waals surface area (Å²) in [6.45, 7) is 4.44. The Hall–Kier alpha value is -1.61. The zero-order chi connectivity index (χ0) is 13.9. The molecule has 0 fully saturated rings. The zero-order valence-corrected chi connectivity index (χ0v) is 13.1. The molecule has 2 nitrogen and oxygen atoms in total. The Bertz CT molecular complexity index is 832. The highest BCUT2D eigenvalue weighted by atomic mass is 79.9. The second-order valence-electron chi connectivity index (χ2n) is 5.56. The molecule has 4 rings (SSSR count). The average molecular weight is 327 g/mol. The number of hydrogen-bond donors (Lipinski definition) is 0. The van der Waals surface area contributed by atoms with Crippen molar-refractivity contribution in [2.75, 3.05) is 0 Å². The largest absolute Gasteiger partial charge is 0.300 e. The first-order valence-electron chi connectivity index (χ1n) is 6.92. The van der Waals surface area contributed by atoms with Gasteiger partial charge < -0.3 is 0 Å². The van der Waals surface area contributed by atoms with Crippen molar-refractivity contribution in [2.45, 2.75) is 26.2 Å². The summed E-state index contributed by atoms with van der Waals surface area (Å²) < 4.78 is 3.43. The van der Waals surface area contributed by atoms with Crippen LogP contribution in [-0.2, 0) is 6.42 Å². The smallest absolute Gasteiger partial charge is 0.137 e. The SMILES string of the molecule is Cc1c(Br)ccc2nc3c(n12)CC(C)c1ccccc1-3. The number of fused-ring (bicyclic) bond motifs is 5. The van der Waals surface area contributed by atoms with Crippen molar-refractivity contribution >= 4 is 21.6 Å². The van der Waals surface area contributed by atoms with Gasteiger partial charge in [0, 0.05) is 15.7 Å². The summed E-state index contributed by atoms with van der Waals surface area (Å²) in [5.41, 5.74) is 7.47. The number of hydrogen-bond acceptors (Lipinski definition) is 1. The third kappa shape index (κ3) is 1.53. The molecule has 0 spiro atoms. The average Bonchev–Trinajstić information content (AvgIpc) is 2.83. The lowest BCUT2D eigenvalue weighted by Crippen LogP contribution is -2.10. The molecule has 0 N–H and O–H groups in total. The Morgan fingerprint density at radius 1 is 1.20 bits per heavy atom. The number of benzene rings is 1. The molecule has 0 radical (unpaired) electrons. The molecular formula is C17H15BrN2. The zero-order valence-electron chi connectivity index (χ0n) is 11.5. The highest BCUT2D eigenvalue weighted by Gasteiger charge is 2.26. The van der Waals surface area contributed by atoms with Crippen LogP contribution in [0.3, 0.4) is 0 Å². The number of imidazole rings is 1. The molecule has 1 aliphatic carbocycles. The highest BCUT2D eigenvalue weighted by molar-refractivity contribution is 9.10. The molecule has 0 amide bonds. The van der Waals surface area contributed by atoms with Gasteiger partial charge >= 0.3 is 0 Å².